The highest BCUT2D eigenvalue weighted by atomic mass is 32.1. The fourth-order valence-corrected chi connectivity index (χ4v) is 4.96. The summed E-state index contributed by atoms with van der Waals surface area (Å²) in [6, 6.07) is 12.1. The molecule has 0 radical (unpaired) electrons. The Kier molecular flexibility index (Phi) is 5.11. The Hall–Kier alpha value is -3.32. The van der Waals surface area contributed by atoms with Crippen LogP contribution in [0.2, 0.25) is 0 Å². The number of allylic oxidation sites excluding steroid dienone is 2. The third-order valence-electron chi connectivity index (χ3n) is 5.44. The van der Waals surface area contributed by atoms with E-state index in [2.05, 4.69) is 33.5 Å². The van der Waals surface area contributed by atoms with Crippen LogP contribution in [0.5, 0.6) is 0 Å². The maximum Gasteiger partial charge on any atom is 0.224 e. The molecule has 6 nitrogen and oxygen atoms in total. The van der Waals surface area contributed by atoms with Gasteiger partial charge < -0.3 is 5.32 Å². The van der Waals surface area contributed by atoms with Gasteiger partial charge in [-0.1, -0.05) is 30.4 Å². The average molecular weight is 416 g/mol. The molecular formula is C23H21N5OS. The van der Waals surface area contributed by atoms with Gasteiger partial charge in [0.05, 0.1) is 21.1 Å². The number of benzene rings is 1. The van der Waals surface area contributed by atoms with E-state index >= 15 is 0 Å². The Morgan fingerprint density at radius 1 is 1.17 bits per heavy atom. The van der Waals surface area contributed by atoms with Gasteiger partial charge in [0.2, 0.25) is 5.91 Å². The van der Waals surface area contributed by atoms with Crippen molar-refractivity contribution in [3.63, 3.8) is 0 Å². The van der Waals surface area contributed by atoms with Gasteiger partial charge in [-0.15, -0.1) is 11.3 Å². The van der Waals surface area contributed by atoms with E-state index in [9.17, 15) is 4.79 Å². The van der Waals surface area contributed by atoms with Crippen LogP contribution in [-0.2, 0) is 11.3 Å². The van der Waals surface area contributed by atoms with E-state index in [4.69, 9.17) is 4.98 Å². The molecular weight excluding hydrogens is 394 g/mol. The summed E-state index contributed by atoms with van der Waals surface area (Å²) >= 11 is 1.70. The van der Waals surface area contributed by atoms with Crippen LogP contribution >= 0.6 is 11.3 Å². The second-order valence-electron chi connectivity index (χ2n) is 7.39. The predicted molar refractivity (Wildman–Crippen MR) is 117 cm³/mol. The number of para-hydroxylation sites is 1. The smallest absolute Gasteiger partial charge is 0.224 e. The highest BCUT2D eigenvalue weighted by Crippen LogP contribution is 2.38. The first-order chi connectivity index (χ1) is 14.8. The van der Waals surface area contributed by atoms with Crippen molar-refractivity contribution >= 4 is 27.5 Å². The standard InChI is InChI=1S/C23H21N5OS/c29-22(26-14-16-9-10-21(25-13-16)28-12-11-24-15-28)17-5-1-2-6-18(17)23-27-19-7-3-4-8-20(19)30-23/h1-4,7-13,15,17-18H,5-6,14H2,(H,26,29). The van der Waals surface area contributed by atoms with Crippen molar-refractivity contribution in [2.24, 2.45) is 5.92 Å². The van der Waals surface area contributed by atoms with Crippen molar-refractivity contribution < 1.29 is 4.79 Å². The number of fused-ring (bicyclic) bond motifs is 1. The van der Waals surface area contributed by atoms with Gasteiger partial charge in [0.25, 0.3) is 0 Å². The van der Waals surface area contributed by atoms with Gasteiger partial charge in [-0.05, 0) is 36.6 Å². The van der Waals surface area contributed by atoms with E-state index in [1.54, 1.807) is 30.1 Å². The van der Waals surface area contributed by atoms with Crippen LogP contribution in [-0.4, -0.2) is 25.4 Å². The summed E-state index contributed by atoms with van der Waals surface area (Å²) in [7, 11) is 0. The molecule has 0 aliphatic heterocycles. The summed E-state index contributed by atoms with van der Waals surface area (Å²) in [5, 5.41) is 4.15. The van der Waals surface area contributed by atoms with Crippen LogP contribution < -0.4 is 5.32 Å². The second-order valence-corrected chi connectivity index (χ2v) is 8.45. The zero-order valence-electron chi connectivity index (χ0n) is 16.3. The molecule has 1 aliphatic rings. The van der Waals surface area contributed by atoms with Gasteiger partial charge in [0.1, 0.15) is 12.1 Å². The van der Waals surface area contributed by atoms with E-state index in [1.807, 2.05) is 41.1 Å². The van der Waals surface area contributed by atoms with Gasteiger partial charge in [-0.2, -0.15) is 0 Å². The second kappa shape index (κ2) is 8.20. The normalized spacial score (nSPS) is 18.5. The Morgan fingerprint density at radius 3 is 2.87 bits per heavy atom. The number of rotatable bonds is 5. The molecule has 5 rings (SSSR count). The lowest BCUT2D eigenvalue weighted by atomic mass is 9.82. The van der Waals surface area contributed by atoms with Crippen LogP contribution in [0, 0.1) is 5.92 Å². The van der Waals surface area contributed by atoms with E-state index in [0.717, 1.165) is 34.7 Å². The van der Waals surface area contributed by atoms with Crippen LogP contribution in [0.4, 0.5) is 0 Å². The van der Waals surface area contributed by atoms with E-state index < -0.39 is 0 Å². The van der Waals surface area contributed by atoms with E-state index in [1.165, 1.54) is 4.70 Å². The summed E-state index contributed by atoms with van der Waals surface area (Å²) < 4.78 is 3.02. The number of carbonyl (C=O) groups is 1. The molecule has 0 saturated heterocycles. The number of amides is 1. The first-order valence-electron chi connectivity index (χ1n) is 9.99. The zero-order valence-corrected chi connectivity index (χ0v) is 17.1. The predicted octanol–water partition coefficient (Wildman–Crippen LogP) is 4.24. The fraction of sp³-hybridized carbons (Fsp3) is 0.217. The number of hydrogen-bond donors (Lipinski definition) is 1. The monoisotopic (exact) mass is 415 g/mol. The zero-order chi connectivity index (χ0) is 20.3. The molecule has 1 amide bonds. The van der Waals surface area contributed by atoms with Gasteiger partial charge in [-0.25, -0.2) is 15.0 Å². The third-order valence-corrected chi connectivity index (χ3v) is 6.61. The first-order valence-corrected chi connectivity index (χ1v) is 10.8. The quantitative estimate of drug-likeness (QED) is 0.495. The molecule has 1 N–H and O–H groups in total. The summed E-state index contributed by atoms with van der Waals surface area (Å²) in [6.45, 7) is 0.461. The van der Waals surface area contributed by atoms with Crippen molar-refractivity contribution in [2.75, 3.05) is 0 Å². The molecule has 4 aromatic rings. The van der Waals surface area contributed by atoms with Crippen LogP contribution in [0.1, 0.15) is 29.3 Å². The highest BCUT2D eigenvalue weighted by Gasteiger charge is 2.32. The molecule has 2 unspecified atom stereocenters. The molecule has 150 valence electrons. The first kappa shape index (κ1) is 18.7. The average Bonchev–Trinajstić information content (AvgIpc) is 3.48. The van der Waals surface area contributed by atoms with Crippen LogP contribution in [0.25, 0.3) is 16.0 Å². The van der Waals surface area contributed by atoms with Gasteiger partial charge in [0, 0.05) is 31.1 Å². The third kappa shape index (κ3) is 3.76. The Balaban J connectivity index is 1.28. The van der Waals surface area contributed by atoms with Crippen molar-refractivity contribution in [1.82, 2.24) is 24.8 Å². The minimum atomic E-state index is -0.103. The largest absolute Gasteiger partial charge is 0.352 e. The lowest BCUT2D eigenvalue weighted by Gasteiger charge is -2.26. The summed E-state index contributed by atoms with van der Waals surface area (Å²) in [4.78, 5) is 26.3. The minimum Gasteiger partial charge on any atom is -0.352 e. The molecule has 0 fully saturated rings. The highest BCUT2D eigenvalue weighted by molar-refractivity contribution is 7.18. The number of hydrogen-bond acceptors (Lipinski definition) is 5. The number of imidazole rings is 1. The molecule has 0 bridgehead atoms. The summed E-state index contributed by atoms with van der Waals surface area (Å²) in [5.41, 5.74) is 1.98. The molecule has 3 heterocycles. The number of nitrogens with zero attached hydrogens (tertiary/aromatic N) is 4. The molecule has 1 aromatic carbocycles. The van der Waals surface area contributed by atoms with Crippen LogP contribution in [0.3, 0.4) is 0 Å². The van der Waals surface area contributed by atoms with Crippen molar-refractivity contribution in [2.45, 2.75) is 25.3 Å². The molecule has 7 heteroatoms. The SMILES string of the molecule is O=C(NCc1ccc(-n2ccnc2)nc1)C1CC=CCC1c1nc2ccccc2s1. The molecule has 30 heavy (non-hydrogen) atoms. The number of pyridine rings is 1. The molecule has 0 saturated carbocycles. The van der Waals surface area contributed by atoms with E-state index in [-0.39, 0.29) is 17.7 Å². The fourth-order valence-electron chi connectivity index (χ4n) is 3.81. The molecule has 2 atom stereocenters. The maximum atomic E-state index is 13.0. The topological polar surface area (TPSA) is 72.7 Å². The number of thiazole rings is 1. The van der Waals surface area contributed by atoms with Gasteiger partial charge in [0.15, 0.2) is 0 Å². The minimum absolute atomic E-state index is 0.0716. The Labute approximate surface area is 178 Å². The molecule has 0 spiro atoms. The van der Waals surface area contributed by atoms with Gasteiger partial charge in [-0.3, -0.25) is 9.36 Å². The lowest BCUT2D eigenvalue weighted by Crippen LogP contribution is -2.34. The Bertz CT molecular complexity index is 1150. The molecule has 1 aliphatic carbocycles. The number of nitrogens with one attached hydrogen (secondary N) is 1. The van der Waals surface area contributed by atoms with Gasteiger partial charge >= 0.3 is 0 Å². The van der Waals surface area contributed by atoms with Crippen molar-refractivity contribution in [1.29, 1.82) is 0 Å². The van der Waals surface area contributed by atoms with Crippen LogP contribution in [0.15, 0.2) is 73.5 Å². The number of carbonyl (C=O) groups excluding carboxylic acids is 1. The summed E-state index contributed by atoms with van der Waals surface area (Å²) in [6.07, 6.45) is 12.9. The van der Waals surface area contributed by atoms with Crippen molar-refractivity contribution in [3.05, 3.63) is 84.0 Å². The lowest BCUT2D eigenvalue weighted by molar-refractivity contribution is -0.125. The Morgan fingerprint density at radius 2 is 2.07 bits per heavy atom. The summed E-state index contributed by atoms with van der Waals surface area (Å²) in [5.74, 6) is 0.890. The number of aromatic nitrogens is 4. The maximum absolute atomic E-state index is 13.0. The molecule has 3 aromatic heterocycles. The van der Waals surface area contributed by atoms with E-state index in [0.29, 0.717) is 6.54 Å². The van der Waals surface area contributed by atoms with Crippen molar-refractivity contribution in [3.8, 4) is 5.82 Å².